The van der Waals surface area contributed by atoms with E-state index in [9.17, 15) is 33.1 Å². The van der Waals surface area contributed by atoms with Gasteiger partial charge in [0.1, 0.15) is 11.6 Å². The first kappa shape index (κ1) is 35.1. The average Bonchev–Trinajstić information content (AvgIpc) is 3.43. The summed E-state index contributed by atoms with van der Waals surface area (Å²) in [5.74, 6) is -3.88. The molecule has 3 aliphatic rings. The monoisotopic (exact) mass is 714 g/mol. The highest BCUT2D eigenvalue weighted by atomic mass is 35.5. The summed E-state index contributed by atoms with van der Waals surface area (Å²) in [5, 5.41) is 15.9. The van der Waals surface area contributed by atoms with Crippen molar-refractivity contribution in [2.45, 2.75) is 51.0 Å². The molecule has 50 heavy (non-hydrogen) atoms. The van der Waals surface area contributed by atoms with Crippen LogP contribution in [0.25, 0.3) is 11.3 Å². The van der Waals surface area contributed by atoms with Crippen LogP contribution in [-0.2, 0) is 16.6 Å². The quantitative estimate of drug-likeness (QED) is 0.334. The lowest BCUT2D eigenvalue weighted by molar-refractivity contribution is -0.135. The number of aromatic nitrogens is 2. The third-order valence-corrected chi connectivity index (χ3v) is 9.51. The number of amides is 4. The Morgan fingerprint density at radius 3 is 2.36 bits per heavy atom. The smallest absolute Gasteiger partial charge is 0.411 e. The number of hydrogen-bond acceptors (Lipinski definition) is 8. The van der Waals surface area contributed by atoms with E-state index >= 15 is 0 Å². The van der Waals surface area contributed by atoms with Gasteiger partial charge in [0, 0.05) is 55.7 Å². The molecule has 16 heteroatoms. The molecule has 1 aliphatic carbocycles. The number of carbonyl (C=O) groups excluding carboxylic acids is 4. The van der Waals surface area contributed by atoms with Crippen LogP contribution in [0.15, 0.2) is 36.5 Å². The number of likely N-dealkylation sites (tertiary alicyclic amines) is 2. The largest absolute Gasteiger partial charge is 0.494 e. The zero-order valence-electron chi connectivity index (χ0n) is 28.0. The highest BCUT2D eigenvalue weighted by Crippen LogP contribution is 2.46. The maximum Gasteiger partial charge on any atom is 0.411 e. The first-order valence-electron chi connectivity index (χ1n) is 16.0. The fourth-order valence-electron chi connectivity index (χ4n) is 6.65. The van der Waals surface area contributed by atoms with E-state index in [1.165, 1.54) is 60.2 Å². The standard InChI is InChI=1S/C34H37ClF2N6O7/c1-34(2,3)50-33(48)43-13-17(44)11-23(43)32(47)42-14-20-21(15-42)28(20)40-30(45)18-7-6-16(10-22(18)35)39-31(46)29-38-12-24(41(29)4)19-8-9-25(49-5)27(37)26(19)36/h6-10,12,17,20-21,23,28,44H,11,13-15H2,1-5H3,(H,39,46)(H,40,45)/t17-,20?,21?,23+,28?/m1/s1. The van der Waals surface area contributed by atoms with Gasteiger partial charge in [-0.15, -0.1) is 0 Å². The molecule has 0 spiro atoms. The third kappa shape index (κ3) is 6.71. The summed E-state index contributed by atoms with van der Waals surface area (Å²) in [4.78, 5) is 59.3. The number of fused-ring (bicyclic) bond motifs is 1. The first-order valence-corrected chi connectivity index (χ1v) is 16.4. The number of carbonyl (C=O) groups is 4. The molecule has 2 saturated heterocycles. The van der Waals surface area contributed by atoms with Crippen LogP contribution in [0.5, 0.6) is 5.75 Å². The van der Waals surface area contributed by atoms with E-state index in [4.69, 9.17) is 21.1 Å². The minimum absolute atomic E-state index is 0.0198. The molecule has 2 aromatic carbocycles. The number of hydrogen-bond donors (Lipinski definition) is 3. The Morgan fingerprint density at radius 1 is 1.02 bits per heavy atom. The molecule has 3 aromatic rings. The number of imidazole rings is 1. The number of aliphatic hydroxyl groups excluding tert-OH is 1. The number of rotatable bonds is 7. The van der Waals surface area contributed by atoms with Crippen LogP contribution < -0.4 is 15.4 Å². The van der Waals surface area contributed by atoms with Crippen molar-refractivity contribution < 1.29 is 42.5 Å². The molecule has 3 heterocycles. The fraction of sp³-hybridized carbons (Fsp3) is 0.441. The lowest BCUT2D eigenvalue weighted by Gasteiger charge is -2.30. The second-order valence-electron chi connectivity index (χ2n) is 13.7. The number of nitrogens with zero attached hydrogens (tertiary/aromatic N) is 4. The lowest BCUT2D eigenvalue weighted by Crippen LogP contribution is -2.49. The minimum atomic E-state index is -1.16. The Morgan fingerprint density at radius 2 is 1.72 bits per heavy atom. The minimum Gasteiger partial charge on any atom is -0.494 e. The number of anilines is 1. The molecule has 1 saturated carbocycles. The average molecular weight is 715 g/mol. The van der Waals surface area contributed by atoms with Gasteiger partial charge in [-0.25, -0.2) is 14.2 Å². The molecule has 2 unspecified atom stereocenters. The zero-order chi connectivity index (χ0) is 36.2. The second-order valence-corrected chi connectivity index (χ2v) is 14.1. The summed E-state index contributed by atoms with van der Waals surface area (Å²) >= 11 is 6.44. The molecule has 6 rings (SSSR count). The molecule has 13 nitrogen and oxygen atoms in total. The number of nitrogens with one attached hydrogen (secondary N) is 2. The molecule has 266 valence electrons. The summed E-state index contributed by atoms with van der Waals surface area (Å²) < 4.78 is 40.5. The van der Waals surface area contributed by atoms with Gasteiger partial charge in [-0.2, -0.15) is 4.39 Å². The van der Waals surface area contributed by atoms with Gasteiger partial charge in [0.15, 0.2) is 17.4 Å². The van der Waals surface area contributed by atoms with E-state index in [1.54, 1.807) is 25.7 Å². The van der Waals surface area contributed by atoms with Crippen molar-refractivity contribution in [3.63, 3.8) is 0 Å². The van der Waals surface area contributed by atoms with Crippen molar-refractivity contribution in [1.29, 1.82) is 0 Å². The summed E-state index contributed by atoms with van der Waals surface area (Å²) in [6.45, 7) is 6.02. The van der Waals surface area contributed by atoms with Crippen molar-refractivity contribution >= 4 is 41.1 Å². The number of piperidine rings is 1. The number of halogens is 3. The Hall–Kier alpha value is -4.76. The van der Waals surface area contributed by atoms with Gasteiger partial charge in [0.25, 0.3) is 11.8 Å². The van der Waals surface area contributed by atoms with Gasteiger partial charge >= 0.3 is 6.09 Å². The van der Waals surface area contributed by atoms with Gasteiger partial charge in [-0.3, -0.25) is 19.3 Å². The van der Waals surface area contributed by atoms with Crippen LogP contribution in [0.3, 0.4) is 0 Å². The highest BCUT2D eigenvalue weighted by Gasteiger charge is 2.58. The summed E-state index contributed by atoms with van der Waals surface area (Å²) in [5.41, 5.74) is -0.222. The summed E-state index contributed by atoms with van der Waals surface area (Å²) in [6.07, 6.45) is -0.0858. The second kappa shape index (κ2) is 13.2. The summed E-state index contributed by atoms with van der Waals surface area (Å²) in [6, 6.07) is 6.00. The van der Waals surface area contributed by atoms with Crippen LogP contribution in [0, 0.1) is 23.5 Å². The normalized spacial score (nSPS) is 22.6. The maximum absolute atomic E-state index is 14.7. The Labute approximate surface area is 291 Å². The topological polar surface area (TPSA) is 155 Å². The van der Waals surface area contributed by atoms with E-state index in [1.807, 2.05) is 0 Å². The molecular weight excluding hydrogens is 678 g/mol. The molecule has 0 radical (unpaired) electrons. The molecule has 4 amide bonds. The molecule has 1 aromatic heterocycles. The van der Waals surface area contributed by atoms with Crippen LogP contribution >= 0.6 is 11.6 Å². The van der Waals surface area contributed by atoms with E-state index in [2.05, 4.69) is 15.6 Å². The van der Waals surface area contributed by atoms with Crippen molar-refractivity contribution in [2.24, 2.45) is 18.9 Å². The number of benzene rings is 2. The molecule has 0 bridgehead atoms. The predicted molar refractivity (Wildman–Crippen MR) is 177 cm³/mol. The van der Waals surface area contributed by atoms with Crippen molar-refractivity contribution in [3.05, 3.63) is 64.6 Å². The van der Waals surface area contributed by atoms with Crippen molar-refractivity contribution in [1.82, 2.24) is 24.7 Å². The Balaban J connectivity index is 1.04. The van der Waals surface area contributed by atoms with Gasteiger partial charge in [-0.1, -0.05) is 11.6 Å². The van der Waals surface area contributed by atoms with Gasteiger partial charge in [0.05, 0.1) is 42.2 Å². The van der Waals surface area contributed by atoms with E-state index in [0.717, 1.165) is 0 Å². The number of aliphatic hydroxyl groups is 1. The van der Waals surface area contributed by atoms with Crippen LogP contribution in [0.1, 0.15) is 48.2 Å². The molecule has 3 N–H and O–H groups in total. The fourth-order valence-corrected chi connectivity index (χ4v) is 6.92. The number of methoxy groups -OCH3 is 1. The van der Waals surface area contributed by atoms with Crippen LogP contribution in [0.2, 0.25) is 5.02 Å². The summed E-state index contributed by atoms with van der Waals surface area (Å²) in [7, 11) is 2.71. The van der Waals surface area contributed by atoms with E-state index in [-0.39, 0.29) is 75.9 Å². The maximum atomic E-state index is 14.7. The molecular formula is C34H37ClF2N6O7. The SMILES string of the molecule is COc1ccc(-c2cnc(C(=O)Nc3ccc(C(=O)NC4C5CN(C(=O)[C@@H]6C[C@@H](O)CN6C(=O)OC(C)(C)C)CC54)c(Cl)c3)n2C)c(F)c1F. The Bertz CT molecular complexity index is 1870. The van der Waals surface area contributed by atoms with Gasteiger partial charge in [-0.05, 0) is 51.1 Å². The highest BCUT2D eigenvalue weighted by molar-refractivity contribution is 6.34. The number of β-amino-alcohol motifs (C(OH)–C–C–N with tert-alkyl or cyclic N) is 1. The number of ether oxygens (including phenoxy) is 2. The molecule has 3 fully saturated rings. The van der Waals surface area contributed by atoms with Crippen molar-refractivity contribution in [2.75, 3.05) is 32.1 Å². The molecule has 2 aliphatic heterocycles. The Kier molecular flexibility index (Phi) is 9.24. The zero-order valence-corrected chi connectivity index (χ0v) is 28.8. The lowest BCUT2D eigenvalue weighted by atomic mass is 10.1. The van der Waals surface area contributed by atoms with Crippen LogP contribution in [-0.4, -0.2) is 98.8 Å². The third-order valence-electron chi connectivity index (χ3n) is 9.20. The molecule has 4 atom stereocenters. The van der Waals surface area contributed by atoms with E-state index in [0.29, 0.717) is 13.1 Å². The van der Waals surface area contributed by atoms with Gasteiger partial charge in [0.2, 0.25) is 11.7 Å². The van der Waals surface area contributed by atoms with E-state index < -0.39 is 47.3 Å². The predicted octanol–water partition coefficient (Wildman–Crippen LogP) is 3.84. The first-order chi connectivity index (χ1) is 23.6. The van der Waals surface area contributed by atoms with Gasteiger partial charge < -0.3 is 34.7 Å². The van der Waals surface area contributed by atoms with Crippen LogP contribution in [0.4, 0.5) is 19.3 Å². The van der Waals surface area contributed by atoms with Crippen molar-refractivity contribution in [3.8, 4) is 17.0 Å².